The lowest BCUT2D eigenvalue weighted by molar-refractivity contribution is -0.0128. The zero-order valence-corrected chi connectivity index (χ0v) is 16.5. The highest BCUT2D eigenvalue weighted by Crippen LogP contribution is 2.41. The van der Waals surface area contributed by atoms with Crippen LogP contribution in [0.4, 0.5) is 0 Å². The minimum atomic E-state index is 0.593. The summed E-state index contributed by atoms with van der Waals surface area (Å²) >= 11 is 0. The second-order valence-electron chi connectivity index (χ2n) is 9.57. The molecule has 0 aromatic carbocycles. The molecule has 3 rings (SSSR count). The molecule has 0 amide bonds. The van der Waals surface area contributed by atoms with Gasteiger partial charge in [0.25, 0.3) is 0 Å². The maximum absolute atomic E-state index is 6.34. The highest BCUT2D eigenvalue weighted by Gasteiger charge is 2.30. The van der Waals surface area contributed by atoms with E-state index in [1.807, 2.05) is 0 Å². The Morgan fingerprint density at radius 2 is 1.21 bits per heavy atom. The number of hydrogen-bond acceptors (Lipinski definition) is 1. The zero-order chi connectivity index (χ0) is 16.8. The molecule has 0 aromatic rings. The molecule has 3 aliphatic carbocycles. The third-order valence-corrected chi connectivity index (χ3v) is 7.68. The molecular formula is C23H42O. The van der Waals surface area contributed by atoms with Crippen molar-refractivity contribution in [3.05, 3.63) is 0 Å². The summed E-state index contributed by atoms with van der Waals surface area (Å²) in [5.74, 6) is 4.99. The number of hydrogen-bond donors (Lipinski definition) is 0. The van der Waals surface area contributed by atoms with E-state index in [0.29, 0.717) is 6.10 Å². The van der Waals surface area contributed by atoms with Gasteiger partial charge in [-0.2, -0.15) is 0 Å². The van der Waals surface area contributed by atoms with E-state index >= 15 is 0 Å². The Labute approximate surface area is 151 Å². The van der Waals surface area contributed by atoms with E-state index in [2.05, 4.69) is 13.8 Å². The fourth-order valence-electron chi connectivity index (χ4n) is 5.85. The van der Waals surface area contributed by atoms with E-state index in [4.69, 9.17) is 4.74 Å². The van der Waals surface area contributed by atoms with Gasteiger partial charge in [-0.25, -0.2) is 0 Å². The van der Waals surface area contributed by atoms with Crippen LogP contribution in [-0.2, 0) is 4.74 Å². The second kappa shape index (κ2) is 9.60. The van der Waals surface area contributed by atoms with Crippen LogP contribution >= 0.6 is 0 Å². The predicted molar refractivity (Wildman–Crippen MR) is 103 cm³/mol. The van der Waals surface area contributed by atoms with Crippen molar-refractivity contribution in [3.63, 3.8) is 0 Å². The molecule has 0 heterocycles. The third kappa shape index (κ3) is 5.48. The Balaban J connectivity index is 1.29. The third-order valence-electron chi connectivity index (χ3n) is 7.68. The summed E-state index contributed by atoms with van der Waals surface area (Å²) in [7, 11) is 0. The van der Waals surface area contributed by atoms with Gasteiger partial charge >= 0.3 is 0 Å². The van der Waals surface area contributed by atoms with Gasteiger partial charge in [0.05, 0.1) is 6.10 Å². The first-order valence-corrected chi connectivity index (χ1v) is 11.4. The van der Waals surface area contributed by atoms with Gasteiger partial charge in [-0.1, -0.05) is 39.5 Å². The minimum absolute atomic E-state index is 0.593. The van der Waals surface area contributed by atoms with Crippen molar-refractivity contribution >= 4 is 0 Å². The van der Waals surface area contributed by atoms with E-state index < -0.39 is 0 Å². The molecule has 0 radical (unpaired) electrons. The van der Waals surface area contributed by atoms with E-state index in [1.165, 1.54) is 89.9 Å². The van der Waals surface area contributed by atoms with E-state index in [0.717, 1.165) is 36.2 Å². The van der Waals surface area contributed by atoms with Crippen LogP contribution in [0.2, 0.25) is 0 Å². The maximum Gasteiger partial charge on any atom is 0.0575 e. The molecule has 0 bridgehead atoms. The average Bonchev–Trinajstić information content (AvgIpc) is 2.63. The summed E-state index contributed by atoms with van der Waals surface area (Å²) in [5.41, 5.74) is 0. The maximum atomic E-state index is 6.34. The molecule has 3 saturated carbocycles. The van der Waals surface area contributed by atoms with Crippen LogP contribution in [0.15, 0.2) is 0 Å². The van der Waals surface area contributed by atoms with Gasteiger partial charge in [0.1, 0.15) is 0 Å². The molecule has 0 spiro atoms. The SMILES string of the molecule is CCCC1CCC(OCC2CCC(C3CCC(C)CC3)CC2)CC1. The van der Waals surface area contributed by atoms with Crippen LogP contribution in [0.5, 0.6) is 0 Å². The van der Waals surface area contributed by atoms with Crippen molar-refractivity contribution < 1.29 is 4.74 Å². The summed E-state index contributed by atoms with van der Waals surface area (Å²) in [6.45, 7) is 5.84. The van der Waals surface area contributed by atoms with E-state index in [1.54, 1.807) is 0 Å². The summed E-state index contributed by atoms with van der Waals surface area (Å²) < 4.78 is 6.34. The normalized spacial score (nSPS) is 41.2. The lowest BCUT2D eigenvalue weighted by atomic mass is 9.69. The standard InChI is InChI=1S/C23H42O/c1-3-4-19-9-15-23(16-10-19)24-17-20-7-13-22(14-8-20)21-11-5-18(2)6-12-21/h18-23H,3-17H2,1-2H3. The number of ether oxygens (including phenoxy) is 1. The van der Waals surface area contributed by atoms with Crippen molar-refractivity contribution in [1.82, 2.24) is 0 Å². The Morgan fingerprint density at radius 3 is 1.79 bits per heavy atom. The van der Waals surface area contributed by atoms with E-state index in [9.17, 15) is 0 Å². The Kier molecular flexibility index (Phi) is 7.50. The molecule has 24 heavy (non-hydrogen) atoms. The molecule has 3 fully saturated rings. The first-order chi connectivity index (χ1) is 11.7. The molecule has 0 aromatic heterocycles. The predicted octanol–water partition coefficient (Wildman–Crippen LogP) is 6.99. The van der Waals surface area contributed by atoms with Crippen molar-refractivity contribution in [3.8, 4) is 0 Å². The highest BCUT2D eigenvalue weighted by molar-refractivity contribution is 4.81. The molecule has 3 aliphatic rings. The molecule has 0 unspecified atom stereocenters. The van der Waals surface area contributed by atoms with Crippen molar-refractivity contribution in [2.75, 3.05) is 6.61 Å². The summed E-state index contributed by atoms with van der Waals surface area (Å²) in [4.78, 5) is 0. The van der Waals surface area contributed by atoms with Gasteiger partial charge in [0.15, 0.2) is 0 Å². The first-order valence-electron chi connectivity index (χ1n) is 11.4. The van der Waals surface area contributed by atoms with Crippen LogP contribution in [0.25, 0.3) is 0 Å². The van der Waals surface area contributed by atoms with Gasteiger partial charge < -0.3 is 4.74 Å². The van der Waals surface area contributed by atoms with Crippen LogP contribution < -0.4 is 0 Å². The van der Waals surface area contributed by atoms with Crippen LogP contribution in [0.3, 0.4) is 0 Å². The minimum Gasteiger partial charge on any atom is -0.378 e. The molecule has 140 valence electrons. The topological polar surface area (TPSA) is 9.23 Å². The lowest BCUT2D eigenvalue weighted by Crippen LogP contribution is -2.28. The molecule has 0 saturated heterocycles. The van der Waals surface area contributed by atoms with Crippen LogP contribution in [0.1, 0.15) is 104 Å². The molecule has 1 nitrogen and oxygen atoms in total. The average molecular weight is 335 g/mol. The second-order valence-corrected chi connectivity index (χ2v) is 9.57. The van der Waals surface area contributed by atoms with Crippen LogP contribution in [-0.4, -0.2) is 12.7 Å². The van der Waals surface area contributed by atoms with Gasteiger partial charge in [-0.15, -0.1) is 0 Å². The lowest BCUT2D eigenvalue weighted by Gasteiger charge is -2.37. The zero-order valence-electron chi connectivity index (χ0n) is 16.5. The Morgan fingerprint density at radius 1 is 0.667 bits per heavy atom. The molecule has 1 heteroatoms. The fraction of sp³-hybridized carbons (Fsp3) is 1.00. The smallest absolute Gasteiger partial charge is 0.0575 e. The van der Waals surface area contributed by atoms with Gasteiger partial charge in [0, 0.05) is 6.61 Å². The summed E-state index contributed by atoms with van der Waals surface area (Å²) in [6, 6.07) is 0. The highest BCUT2D eigenvalue weighted by atomic mass is 16.5. The molecule has 0 atom stereocenters. The van der Waals surface area contributed by atoms with Crippen molar-refractivity contribution in [2.45, 2.75) is 110 Å². The molecule has 0 aliphatic heterocycles. The van der Waals surface area contributed by atoms with Gasteiger partial charge in [-0.05, 0) is 93.8 Å². The monoisotopic (exact) mass is 334 g/mol. The first kappa shape index (κ1) is 18.7. The number of rotatable bonds is 6. The van der Waals surface area contributed by atoms with E-state index in [-0.39, 0.29) is 0 Å². The fourth-order valence-corrected chi connectivity index (χ4v) is 5.85. The Bertz CT molecular complexity index is 328. The van der Waals surface area contributed by atoms with Crippen molar-refractivity contribution in [1.29, 1.82) is 0 Å². The van der Waals surface area contributed by atoms with Gasteiger partial charge in [-0.3, -0.25) is 0 Å². The Hall–Kier alpha value is -0.0400. The molecular weight excluding hydrogens is 292 g/mol. The summed E-state index contributed by atoms with van der Waals surface area (Å²) in [5, 5.41) is 0. The van der Waals surface area contributed by atoms with Crippen molar-refractivity contribution in [2.24, 2.45) is 29.6 Å². The van der Waals surface area contributed by atoms with Gasteiger partial charge in [0.2, 0.25) is 0 Å². The van der Waals surface area contributed by atoms with Crippen LogP contribution in [0, 0.1) is 29.6 Å². The largest absolute Gasteiger partial charge is 0.378 e. The quantitative estimate of drug-likeness (QED) is 0.508. The molecule has 0 N–H and O–H groups in total. The summed E-state index contributed by atoms with van der Waals surface area (Å²) in [6.07, 6.45) is 20.8.